The largest absolute Gasteiger partial charge is 0.379 e. The number of nitrogens with zero attached hydrogens (tertiary/aromatic N) is 8. The number of benzene rings is 1. The van der Waals surface area contributed by atoms with Crippen molar-refractivity contribution in [2.24, 2.45) is 0 Å². The van der Waals surface area contributed by atoms with Gasteiger partial charge in [0.25, 0.3) is 5.69 Å². The van der Waals surface area contributed by atoms with Gasteiger partial charge in [-0.25, -0.2) is 8.42 Å². The minimum atomic E-state index is -3.88. The molecule has 0 atom stereocenters. The van der Waals surface area contributed by atoms with Crippen LogP contribution in [0.2, 0.25) is 0 Å². The predicted molar refractivity (Wildman–Crippen MR) is 143 cm³/mol. The summed E-state index contributed by atoms with van der Waals surface area (Å²) in [5.74, 6) is 1.51. The molecule has 1 aromatic heterocycles. The second kappa shape index (κ2) is 12.3. The molecule has 0 saturated carbocycles. The van der Waals surface area contributed by atoms with E-state index in [1.54, 1.807) is 0 Å². The van der Waals surface area contributed by atoms with Crippen molar-refractivity contribution >= 4 is 33.6 Å². The number of sulfonamides is 1. The number of non-ortho nitro benzene ring substituents is 1. The SMILES string of the molecule is O=[N+]([O-])c1cccc(S(=O)(=O)N2CCN(c3nc(NCCN4CCOCC4)nc(N4CCOCC4)n3)CC2)c1. The van der Waals surface area contributed by atoms with Crippen LogP contribution in [-0.4, -0.2) is 129 Å². The molecule has 3 aliphatic rings. The van der Waals surface area contributed by atoms with Gasteiger partial charge in [0, 0.05) is 77.6 Å². The molecule has 16 heteroatoms. The Hall–Kier alpha value is -3.18. The van der Waals surface area contributed by atoms with E-state index >= 15 is 0 Å². The van der Waals surface area contributed by atoms with E-state index < -0.39 is 14.9 Å². The highest BCUT2D eigenvalue weighted by Gasteiger charge is 2.31. The molecule has 15 nitrogen and oxygen atoms in total. The van der Waals surface area contributed by atoms with Crippen LogP contribution in [0.15, 0.2) is 29.2 Å². The summed E-state index contributed by atoms with van der Waals surface area (Å²) in [6.07, 6.45) is 0. The summed E-state index contributed by atoms with van der Waals surface area (Å²) < 4.78 is 38.6. The Balaban J connectivity index is 1.28. The average Bonchev–Trinajstić information content (AvgIpc) is 2.98. The molecule has 0 bridgehead atoms. The van der Waals surface area contributed by atoms with E-state index in [0.717, 1.165) is 38.9 Å². The van der Waals surface area contributed by atoms with E-state index in [9.17, 15) is 18.5 Å². The van der Waals surface area contributed by atoms with Crippen molar-refractivity contribution in [2.75, 3.05) is 107 Å². The van der Waals surface area contributed by atoms with Gasteiger partial charge in [-0.1, -0.05) is 6.07 Å². The average molecular weight is 564 g/mol. The maximum Gasteiger partial charge on any atom is 0.270 e. The van der Waals surface area contributed by atoms with Crippen molar-refractivity contribution in [2.45, 2.75) is 4.90 Å². The summed E-state index contributed by atoms with van der Waals surface area (Å²) in [5, 5.41) is 14.4. The van der Waals surface area contributed by atoms with Gasteiger partial charge in [-0.2, -0.15) is 19.3 Å². The lowest BCUT2D eigenvalue weighted by atomic mass is 10.3. The van der Waals surface area contributed by atoms with Gasteiger partial charge in [-0.15, -0.1) is 0 Å². The Labute approximate surface area is 226 Å². The lowest BCUT2D eigenvalue weighted by molar-refractivity contribution is -0.385. The molecule has 2 aromatic rings. The molecule has 3 aliphatic heterocycles. The number of aromatic nitrogens is 3. The van der Waals surface area contributed by atoms with Crippen LogP contribution in [0, 0.1) is 10.1 Å². The van der Waals surface area contributed by atoms with Crippen molar-refractivity contribution < 1.29 is 22.8 Å². The van der Waals surface area contributed by atoms with Gasteiger partial charge in [0.2, 0.25) is 27.9 Å². The molecule has 3 saturated heterocycles. The Bertz CT molecular complexity index is 1250. The molecular weight excluding hydrogens is 530 g/mol. The van der Waals surface area contributed by atoms with Crippen molar-refractivity contribution in [3.8, 4) is 0 Å². The molecule has 39 heavy (non-hydrogen) atoms. The van der Waals surface area contributed by atoms with Gasteiger partial charge in [0.1, 0.15) is 0 Å². The maximum atomic E-state index is 13.2. The van der Waals surface area contributed by atoms with Gasteiger partial charge in [0.15, 0.2) is 0 Å². The van der Waals surface area contributed by atoms with Gasteiger partial charge in [-0.3, -0.25) is 15.0 Å². The molecular formula is C23H33N9O6S. The molecule has 5 rings (SSSR count). The highest BCUT2D eigenvalue weighted by atomic mass is 32.2. The number of anilines is 3. The maximum absolute atomic E-state index is 13.2. The minimum Gasteiger partial charge on any atom is -0.379 e. The second-order valence-corrected chi connectivity index (χ2v) is 11.3. The molecule has 0 radical (unpaired) electrons. The minimum absolute atomic E-state index is 0.0910. The summed E-state index contributed by atoms with van der Waals surface area (Å²) in [5.41, 5.74) is -0.260. The second-order valence-electron chi connectivity index (χ2n) is 9.38. The van der Waals surface area contributed by atoms with Crippen LogP contribution in [0.1, 0.15) is 0 Å². The number of morpholine rings is 2. The number of ether oxygens (including phenoxy) is 2. The van der Waals surface area contributed by atoms with E-state index in [1.807, 2.05) is 4.90 Å². The third-order valence-corrected chi connectivity index (χ3v) is 8.80. The van der Waals surface area contributed by atoms with Crippen LogP contribution in [-0.2, 0) is 19.5 Å². The summed E-state index contributed by atoms with van der Waals surface area (Å²) in [6.45, 7) is 8.43. The quantitative estimate of drug-likeness (QED) is 0.318. The van der Waals surface area contributed by atoms with Crippen LogP contribution in [0.25, 0.3) is 0 Å². The number of piperazine rings is 1. The zero-order valence-electron chi connectivity index (χ0n) is 21.6. The smallest absolute Gasteiger partial charge is 0.270 e. The first-order valence-corrected chi connectivity index (χ1v) is 14.5. The molecule has 0 aliphatic carbocycles. The molecule has 3 fully saturated rings. The molecule has 1 aromatic carbocycles. The summed E-state index contributed by atoms with van der Waals surface area (Å²) in [4.78, 5) is 30.8. The van der Waals surface area contributed by atoms with Crippen molar-refractivity contribution in [3.63, 3.8) is 0 Å². The predicted octanol–water partition coefficient (Wildman–Crippen LogP) is -0.129. The van der Waals surface area contributed by atoms with Crippen LogP contribution in [0.4, 0.5) is 23.5 Å². The van der Waals surface area contributed by atoms with E-state index in [2.05, 4.69) is 25.1 Å². The van der Waals surface area contributed by atoms with Gasteiger partial charge < -0.3 is 24.6 Å². The zero-order valence-corrected chi connectivity index (χ0v) is 22.5. The Morgan fingerprint density at radius 2 is 1.49 bits per heavy atom. The van der Waals surface area contributed by atoms with E-state index in [4.69, 9.17) is 14.5 Å². The van der Waals surface area contributed by atoms with Crippen LogP contribution in [0.5, 0.6) is 0 Å². The molecule has 0 amide bonds. The van der Waals surface area contributed by atoms with Gasteiger partial charge >= 0.3 is 0 Å². The Kier molecular flexibility index (Phi) is 8.66. The fourth-order valence-electron chi connectivity index (χ4n) is 4.66. The number of nitrogens with one attached hydrogen (secondary N) is 1. The van der Waals surface area contributed by atoms with Crippen LogP contribution >= 0.6 is 0 Å². The highest BCUT2D eigenvalue weighted by Crippen LogP contribution is 2.24. The van der Waals surface area contributed by atoms with Crippen LogP contribution < -0.4 is 15.1 Å². The topological polar surface area (TPSA) is 159 Å². The lowest BCUT2D eigenvalue weighted by Crippen LogP contribution is -2.49. The van der Waals surface area contributed by atoms with Crippen LogP contribution in [0.3, 0.4) is 0 Å². The number of hydrogen-bond donors (Lipinski definition) is 1. The monoisotopic (exact) mass is 563 g/mol. The van der Waals surface area contributed by atoms with Gasteiger partial charge in [0.05, 0.1) is 36.2 Å². The van der Waals surface area contributed by atoms with E-state index in [1.165, 1.54) is 22.5 Å². The molecule has 0 spiro atoms. The molecule has 1 N–H and O–H groups in total. The summed E-state index contributed by atoms with van der Waals surface area (Å²) in [7, 11) is -3.88. The first-order chi connectivity index (χ1) is 18.9. The molecule has 4 heterocycles. The molecule has 0 unspecified atom stereocenters. The van der Waals surface area contributed by atoms with Crippen molar-refractivity contribution in [1.82, 2.24) is 24.2 Å². The Morgan fingerprint density at radius 1 is 0.872 bits per heavy atom. The standard InChI is InChI=1S/C23H33N9O6S/c33-32(34)19-2-1-3-20(18-19)39(35,36)31-8-6-29(7-9-31)22-25-21(24-4-5-28-10-14-37-15-11-28)26-23(27-22)30-12-16-38-17-13-30/h1-3,18H,4-17H2,(H,24,25,26,27). The lowest BCUT2D eigenvalue weighted by Gasteiger charge is -2.34. The first-order valence-electron chi connectivity index (χ1n) is 13.0. The third kappa shape index (κ3) is 6.70. The number of nitro benzene ring substituents is 1. The zero-order chi connectivity index (χ0) is 27.2. The van der Waals surface area contributed by atoms with Crippen molar-refractivity contribution in [1.29, 1.82) is 0 Å². The van der Waals surface area contributed by atoms with E-state index in [0.29, 0.717) is 63.8 Å². The number of nitro groups is 1. The number of rotatable bonds is 9. The summed E-state index contributed by atoms with van der Waals surface area (Å²) >= 11 is 0. The highest BCUT2D eigenvalue weighted by molar-refractivity contribution is 7.89. The fourth-order valence-corrected chi connectivity index (χ4v) is 6.13. The Morgan fingerprint density at radius 3 is 2.13 bits per heavy atom. The van der Waals surface area contributed by atoms with Crippen molar-refractivity contribution in [3.05, 3.63) is 34.4 Å². The first kappa shape index (κ1) is 27.4. The fraction of sp³-hybridized carbons (Fsp3) is 0.609. The summed E-state index contributed by atoms with van der Waals surface area (Å²) in [6, 6.07) is 5.13. The third-order valence-electron chi connectivity index (χ3n) is 6.91. The normalized spacial score (nSPS) is 19.7. The molecule has 212 valence electrons. The number of hydrogen-bond acceptors (Lipinski definition) is 13. The van der Waals surface area contributed by atoms with E-state index in [-0.39, 0.29) is 23.7 Å². The van der Waals surface area contributed by atoms with Gasteiger partial charge in [-0.05, 0) is 6.07 Å².